The predicted molar refractivity (Wildman–Crippen MR) is 51.0 cm³/mol. The van der Waals surface area contributed by atoms with Crippen molar-refractivity contribution in [2.24, 2.45) is 5.41 Å². The summed E-state index contributed by atoms with van der Waals surface area (Å²) in [6.45, 7) is 3.35. The summed E-state index contributed by atoms with van der Waals surface area (Å²) in [5.41, 5.74) is -1.20. The van der Waals surface area contributed by atoms with Crippen molar-refractivity contribution in [2.45, 2.75) is 31.5 Å². The Bertz CT molecular complexity index is 210. The third kappa shape index (κ3) is 2.21. The maximum Gasteiger partial charge on any atom is 0.318 e. The first kappa shape index (κ1) is 12.4. The maximum absolute atomic E-state index is 10.9. The second-order valence-corrected chi connectivity index (χ2v) is 3.78. The molecule has 0 aromatic carbocycles. The molecule has 0 aliphatic carbocycles. The lowest BCUT2D eigenvalue weighted by atomic mass is 9.79. The molecule has 2 N–H and O–H groups in total. The van der Waals surface area contributed by atoms with Crippen LogP contribution in [0.3, 0.4) is 0 Å². The van der Waals surface area contributed by atoms with E-state index in [2.05, 4.69) is 15.9 Å². The Morgan fingerprint density at radius 3 is 1.77 bits per heavy atom. The van der Waals surface area contributed by atoms with Crippen LogP contribution in [0.25, 0.3) is 0 Å². The highest BCUT2D eigenvalue weighted by atomic mass is 79.9. The number of hydrogen-bond donors (Lipinski definition) is 2. The van der Waals surface area contributed by atoms with Crippen molar-refractivity contribution in [2.75, 3.05) is 0 Å². The summed E-state index contributed by atoms with van der Waals surface area (Å²) in [5, 5.41) is 17.7. The number of carboxylic acids is 2. The summed E-state index contributed by atoms with van der Waals surface area (Å²) >= 11 is 2.91. The van der Waals surface area contributed by atoms with E-state index in [-0.39, 0.29) is 0 Å². The van der Waals surface area contributed by atoms with Gasteiger partial charge in [-0.15, -0.1) is 0 Å². The van der Waals surface area contributed by atoms with Crippen molar-refractivity contribution >= 4 is 27.9 Å². The molecule has 0 heterocycles. The normalized spacial score (nSPS) is 13.8. The summed E-state index contributed by atoms with van der Waals surface area (Å²) in [6, 6.07) is 0. The summed E-state index contributed by atoms with van der Waals surface area (Å²) in [4.78, 5) is 20.6. The summed E-state index contributed by atoms with van der Waals surface area (Å²) in [6.07, 6.45) is 0.585. The van der Waals surface area contributed by atoms with Crippen molar-refractivity contribution < 1.29 is 19.8 Å². The van der Waals surface area contributed by atoms with Gasteiger partial charge < -0.3 is 10.2 Å². The van der Waals surface area contributed by atoms with Crippen molar-refractivity contribution in [1.29, 1.82) is 0 Å². The van der Waals surface area contributed by atoms with Gasteiger partial charge in [-0.3, -0.25) is 9.59 Å². The highest BCUT2D eigenvalue weighted by Gasteiger charge is 2.45. The lowest BCUT2D eigenvalue weighted by Gasteiger charge is -2.29. The van der Waals surface area contributed by atoms with E-state index in [1.54, 1.807) is 13.8 Å². The van der Waals surface area contributed by atoms with Gasteiger partial charge >= 0.3 is 11.9 Å². The van der Waals surface area contributed by atoms with E-state index in [1.807, 2.05) is 0 Å². The van der Waals surface area contributed by atoms with Gasteiger partial charge in [-0.1, -0.05) is 29.8 Å². The summed E-state index contributed by atoms with van der Waals surface area (Å²) in [7, 11) is 0. The van der Waals surface area contributed by atoms with E-state index in [0.29, 0.717) is 12.8 Å². The van der Waals surface area contributed by atoms with E-state index in [4.69, 9.17) is 10.2 Å². The molecule has 0 spiro atoms. The quantitative estimate of drug-likeness (QED) is 0.731. The van der Waals surface area contributed by atoms with E-state index in [1.165, 1.54) is 0 Å². The fraction of sp³-hybridized carbons (Fsp3) is 0.750. The fourth-order valence-electron chi connectivity index (χ4n) is 1.26. The highest BCUT2D eigenvalue weighted by Crippen LogP contribution is 2.35. The Morgan fingerprint density at radius 1 is 1.31 bits per heavy atom. The molecular weight excluding hydrogens is 240 g/mol. The number of hydrogen-bond acceptors (Lipinski definition) is 2. The van der Waals surface area contributed by atoms with Gasteiger partial charge in [0, 0.05) is 0 Å². The Morgan fingerprint density at radius 2 is 1.69 bits per heavy atom. The number of aliphatic carboxylic acids is 2. The average Bonchev–Trinajstić information content (AvgIpc) is 2.06. The second kappa shape index (κ2) is 4.60. The summed E-state index contributed by atoms with van der Waals surface area (Å²) in [5.74, 6) is -2.20. The van der Waals surface area contributed by atoms with Crippen LogP contribution in [0.1, 0.15) is 26.7 Å². The van der Waals surface area contributed by atoms with Crippen LogP contribution in [0.4, 0.5) is 0 Å². The molecule has 0 bridgehead atoms. The number of halogens is 1. The molecule has 0 amide bonds. The fourth-order valence-corrected chi connectivity index (χ4v) is 2.10. The molecule has 5 heteroatoms. The van der Waals surface area contributed by atoms with Gasteiger partial charge in [-0.2, -0.15) is 0 Å². The minimum Gasteiger partial charge on any atom is -0.481 e. The molecular formula is C8H13BrO4. The van der Waals surface area contributed by atoms with Crippen molar-refractivity contribution in [3.05, 3.63) is 0 Å². The molecule has 76 valence electrons. The Hall–Kier alpha value is -0.580. The molecule has 0 rings (SSSR count). The zero-order chi connectivity index (χ0) is 10.6. The van der Waals surface area contributed by atoms with Crippen LogP contribution in [0.5, 0.6) is 0 Å². The molecule has 13 heavy (non-hydrogen) atoms. The van der Waals surface area contributed by atoms with Gasteiger partial charge in [0.1, 0.15) is 4.83 Å². The Kier molecular flexibility index (Phi) is 4.39. The first-order chi connectivity index (χ1) is 5.92. The van der Waals surface area contributed by atoms with Crippen LogP contribution in [-0.4, -0.2) is 27.0 Å². The summed E-state index contributed by atoms with van der Waals surface area (Å²) < 4.78 is 0. The zero-order valence-corrected chi connectivity index (χ0v) is 9.17. The first-order valence-corrected chi connectivity index (χ1v) is 4.94. The molecule has 0 aliphatic heterocycles. The second-order valence-electron chi connectivity index (χ2n) is 2.87. The van der Waals surface area contributed by atoms with Crippen LogP contribution in [-0.2, 0) is 9.59 Å². The first-order valence-electron chi connectivity index (χ1n) is 4.02. The van der Waals surface area contributed by atoms with Crippen LogP contribution in [0.2, 0.25) is 0 Å². The molecule has 0 aliphatic rings. The number of carboxylic acid groups (broad SMARTS) is 2. The Labute approximate surface area is 85.1 Å². The van der Waals surface area contributed by atoms with Crippen LogP contribution >= 0.6 is 15.9 Å². The molecule has 1 atom stereocenters. The van der Waals surface area contributed by atoms with Crippen molar-refractivity contribution in [3.8, 4) is 0 Å². The number of carbonyl (C=O) groups is 2. The topological polar surface area (TPSA) is 74.6 Å². The molecule has 4 nitrogen and oxygen atoms in total. The minimum absolute atomic E-state index is 0.293. The molecule has 1 unspecified atom stereocenters. The third-order valence-corrected chi connectivity index (χ3v) is 3.66. The van der Waals surface area contributed by atoms with Crippen molar-refractivity contribution in [3.63, 3.8) is 0 Å². The third-order valence-electron chi connectivity index (χ3n) is 2.39. The minimum atomic E-state index is -1.20. The maximum atomic E-state index is 10.9. The van der Waals surface area contributed by atoms with Gasteiger partial charge in [0.25, 0.3) is 0 Å². The number of rotatable bonds is 5. The molecule has 0 aromatic heterocycles. The molecule has 0 fully saturated rings. The predicted octanol–water partition coefficient (Wildman–Crippen LogP) is 1.73. The van der Waals surface area contributed by atoms with Gasteiger partial charge in [0.2, 0.25) is 0 Å². The van der Waals surface area contributed by atoms with Crippen LogP contribution in [0.15, 0.2) is 0 Å². The average molecular weight is 253 g/mol. The van der Waals surface area contributed by atoms with E-state index >= 15 is 0 Å². The van der Waals surface area contributed by atoms with E-state index < -0.39 is 22.2 Å². The van der Waals surface area contributed by atoms with Gasteiger partial charge in [0.05, 0.1) is 5.41 Å². The lowest BCUT2D eigenvalue weighted by molar-refractivity contribution is -0.155. The molecule has 0 aromatic rings. The van der Waals surface area contributed by atoms with E-state index in [0.717, 1.165) is 0 Å². The molecule has 0 saturated carbocycles. The SMILES string of the molecule is CCC(CC)(C(=O)O)C(Br)C(=O)O. The van der Waals surface area contributed by atoms with E-state index in [9.17, 15) is 9.59 Å². The van der Waals surface area contributed by atoms with Crippen molar-refractivity contribution in [1.82, 2.24) is 0 Å². The molecule has 0 radical (unpaired) electrons. The van der Waals surface area contributed by atoms with Crippen LogP contribution < -0.4 is 0 Å². The lowest BCUT2D eigenvalue weighted by Crippen LogP contribution is -2.42. The van der Waals surface area contributed by atoms with Crippen LogP contribution in [0, 0.1) is 5.41 Å². The Balaban J connectivity index is 4.97. The number of alkyl halides is 1. The monoisotopic (exact) mass is 252 g/mol. The standard InChI is InChI=1S/C8H13BrO4/c1-3-8(4-2,7(12)13)5(9)6(10)11/h5H,3-4H2,1-2H3,(H,10,11)(H,12,13). The van der Waals surface area contributed by atoms with Gasteiger partial charge in [0.15, 0.2) is 0 Å². The molecule has 0 saturated heterocycles. The largest absolute Gasteiger partial charge is 0.481 e. The van der Waals surface area contributed by atoms with Gasteiger partial charge in [-0.05, 0) is 12.8 Å². The zero-order valence-electron chi connectivity index (χ0n) is 7.58. The van der Waals surface area contributed by atoms with Gasteiger partial charge in [-0.25, -0.2) is 0 Å². The highest BCUT2D eigenvalue weighted by molar-refractivity contribution is 9.10. The smallest absolute Gasteiger partial charge is 0.318 e.